The Morgan fingerprint density at radius 2 is 2.29 bits per heavy atom. The minimum atomic E-state index is -0.494. The molecule has 0 saturated heterocycles. The maximum absolute atomic E-state index is 12.4. The normalized spacial score (nSPS) is 21.2. The van der Waals surface area contributed by atoms with Gasteiger partial charge >= 0.3 is 0 Å². The second kappa shape index (κ2) is 7.26. The molecule has 1 aliphatic rings. The first-order valence-corrected chi connectivity index (χ1v) is 8.74. The van der Waals surface area contributed by atoms with Crippen molar-refractivity contribution in [3.8, 4) is 0 Å². The van der Waals surface area contributed by atoms with Crippen LogP contribution in [0.2, 0.25) is 0 Å². The van der Waals surface area contributed by atoms with Gasteiger partial charge in [0.2, 0.25) is 0 Å². The molecule has 21 heavy (non-hydrogen) atoms. The average molecular weight is 373 g/mol. The highest BCUT2D eigenvalue weighted by Crippen LogP contribution is 2.31. The lowest BCUT2D eigenvalue weighted by molar-refractivity contribution is -0.385. The second-order valence-corrected chi connectivity index (χ2v) is 7.21. The van der Waals surface area contributed by atoms with Crippen LogP contribution in [0.1, 0.15) is 36.5 Å². The molecule has 0 heterocycles. The van der Waals surface area contributed by atoms with Crippen LogP contribution >= 0.6 is 27.7 Å². The lowest BCUT2D eigenvalue weighted by Crippen LogP contribution is -2.39. The number of benzene rings is 1. The average Bonchev–Trinajstić information content (AvgIpc) is 2.86. The summed E-state index contributed by atoms with van der Waals surface area (Å²) in [5, 5.41) is 14.4. The number of nitrogens with zero attached hydrogens (tertiary/aromatic N) is 1. The highest BCUT2D eigenvalue weighted by molar-refractivity contribution is 9.10. The summed E-state index contributed by atoms with van der Waals surface area (Å²) < 4.78 is 0.241. The van der Waals surface area contributed by atoms with E-state index in [2.05, 4.69) is 28.2 Å². The van der Waals surface area contributed by atoms with Crippen LogP contribution in [-0.4, -0.2) is 27.9 Å². The number of rotatable bonds is 5. The molecule has 7 heteroatoms. The number of hydrogen-bond acceptors (Lipinski definition) is 4. The van der Waals surface area contributed by atoms with Crippen LogP contribution in [0.25, 0.3) is 0 Å². The molecule has 1 saturated carbocycles. The molecule has 0 radical (unpaired) electrons. The first-order chi connectivity index (χ1) is 10.0. The van der Waals surface area contributed by atoms with E-state index in [9.17, 15) is 14.9 Å². The quantitative estimate of drug-likeness (QED) is 0.630. The molecular weight excluding hydrogens is 356 g/mol. The molecule has 2 atom stereocenters. The van der Waals surface area contributed by atoms with Gasteiger partial charge in [0.1, 0.15) is 4.47 Å². The first kappa shape index (κ1) is 16.3. The Morgan fingerprint density at radius 1 is 1.52 bits per heavy atom. The van der Waals surface area contributed by atoms with Crippen LogP contribution in [0.5, 0.6) is 0 Å². The van der Waals surface area contributed by atoms with E-state index in [1.54, 1.807) is 6.07 Å². The van der Waals surface area contributed by atoms with Crippen molar-refractivity contribution in [2.45, 2.75) is 37.5 Å². The van der Waals surface area contributed by atoms with E-state index in [0.717, 1.165) is 25.0 Å². The lowest BCUT2D eigenvalue weighted by atomic mass is 10.1. The zero-order valence-electron chi connectivity index (χ0n) is 11.7. The van der Waals surface area contributed by atoms with Crippen molar-refractivity contribution in [1.29, 1.82) is 0 Å². The zero-order chi connectivity index (χ0) is 15.4. The summed E-state index contributed by atoms with van der Waals surface area (Å²) in [6, 6.07) is 4.66. The fourth-order valence-corrected chi connectivity index (χ4v) is 4.37. The van der Waals surface area contributed by atoms with Crippen LogP contribution in [0.15, 0.2) is 22.7 Å². The number of halogens is 1. The number of thioether (sulfide) groups is 1. The fraction of sp³-hybridized carbons (Fsp3) is 0.500. The Bertz CT molecular complexity index is 553. The second-order valence-electron chi connectivity index (χ2n) is 4.90. The summed E-state index contributed by atoms with van der Waals surface area (Å²) in [4.78, 5) is 22.8. The van der Waals surface area contributed by atoms with Crippen molar-refractivity contribution in [3.05, 3.63) is 38.3 Å². The zero-order valence-corrected chi connectivity index (χ0v) is 14.1. The largest absolute Gasteiger partial charge is 0.348 e. The molecule has 1 fully saturated rings. The van der Waals surface area contributed by atoms with Crippen LogP contribution in [0.3, 0.4) is 0 Å². The van der Waals surface area contributed by atoms with Gasteiger partial charge in [0, 0.05) is 17.4 Å². The molecule has 0 aliphatic heterocycles. The molecule has 0 bridgehead atoms. The summed E-state index contributed by atoms with van der Waals surface area (Å²) in [7, 11) is 0. The highest BCUT2D eigenvalue weighted by atomic mass is 79.9. The van der Waals surface area contributed by atoms with Crippen molar-refractivity contribution in [2.75, 3.05) is 5.75 Å². The highest BCUT2D eigenvalue weighted by Gasteiger charge is 2.29. The van der Waals surface area contributed by atoms with Gasteiger partial charge < -0.3 is 5.32 Å². The van der Waals surface area contributed by atoms with Crippen LogP contribution in [-0.2, 0) is 0 Å². The predicted molar refractivity (Wildman–Crippen MR) is 87.8 cm³/mol. The minimum Gasteiger partial charge on any atom is -0.348 e. The van der Waals surface area contributed by atoms with Gasteiger partial charge in [-0.25, -0.2) is 0 Å². The van der Waals surface area contributed by atoms with Gasteiger partial charge in [-0.3, -0.25) is 14.9 Å². The van der Waals surface area contributed by atoms with Gasteiger partial charge in [-0.2, -0.15) is 11.8 Å². The SMILES string of the molecule is CCSC1CCCC1NC(=O)c1cccc([N+](=O)[O-])c1Br. The standard InChI is InChI=1S/C14H17BrN2O3S/c1-2-21-12-8-4-6-10(12)16-14(18)9-5-3-7-11(13(9)15)17(19)20/h3,5,7,10,12H,2,4,6,8H2,1H3,(H,16,18). The number of carbonyl (C=O) groups excluding carboxylic acids is 1. The van der Waals surface area contributed by atoms with Gasteiger partial charge in [-0.05, 0) is 40.6 Å². The third-order valence-electron chi connectivity index (χ3n) is 3.57. The van der Waals surface area contributed by atoms with E-state index in [1.165, 1.54) is 12.1 Å². The maximum Gasteiger partial charge on any atom is 0.284 e. The van der Waals surface area contributed by atoms with E-state index in [-0.39, 0.29) is 22.1 Å². The van der Waals surface area contributed by atoms with Crippen LogP contribution < -0.4 is 5.32 Å². The molecule has 5 nitrogen and oxygen atoms in total. The molecule has 0 spiro atoms. The molecule has 2 unspecified atom stereocenters. The Labute approximate surface area is 136 Å². The molecule has 1 N–H and O–H groups in total. The first-order valence-electron chi connectivity index (χ1n) is 6.90. The Kier molecular flexibility index (Phi) is 5.64. The van der Waals surface area contributed by atoms with Gasteiger partial charge in [-0.15, -0.1) is 0 Å². The van der Waals surface area contributed by atoms with E-state index in [4.69, 9.17) is 0 Å². The van der Waals surface area contributed by atoms with Gasteiger partial charge in [0.05, 0.1) is 10.5 Å². The Morgan fingerprint density at radius 3 is 2.95 bits per heavy atom. The van der Waals surface area contributed by atoms with Gasteiger partial charge in [-0.1, -0.05) is 19.4 Å². The van der Waals surface area contributed by atoms with Crippen molar-refractivity contribution >= 4 is 39.3 Å². The molecule has 2 rings (SSSR count). The third-order valence-corrected chi connectivity index (χ3v) is 5.73. The summed E-state index contributed by atoms with van der Waals surface area (Å²) >= 11 is 5.03. The Balaban J connectivity index is 2.14. The number of amides is 1. The molecule has 114 valence electrons. The topological polar surface area (TPSA) is 72.2 Å². The third kappa shape index (κ3) is 3.77. The van der Waals surface area contributed by atoms with E-state index in [1.807, 2.05) is 11.8 Å². The summed E-state index contributed by atoms with van der Waals surface area (Å²) in [6.07, 6.45) is 3.19. The van der Waals surface area contributed by atoms with Gasteiger partial charge in [0.25, 0.3) is 11.6 Å². The fourth-order valence-electron chi connectivity index (χ4n) is 2.59. The summed E-state index contributed by atoms with van der Waals surface area (Å²) in [6.45, 7) is 2.11. The van der Waals surface area contributed by atoms with Crippen molar-refractivity contribution in [1.82, 2.24) is 5.32 Å². The molecule has 1 aliphatic carbocycles. The molecular formula is C14H17BrN2O3S. The summed E-state index contributed by atoms with van der Waals surface area (Å²) in [5.74, 6) is 0.775. The van der Waals surface area contributed by atoms with Crippen LogP contribution in [0.4, 0.5) is 5.69 Å². The molecule has 1 aromatic rings. The molecule has 1 amide bonds. The molecule has 1 aromatic carbocycles. The van der Waals surface area contributed by atoms with Gasteiger partial charge in [0.15, 0.2) is 0 Å². The van der Waals surface area contributed by atoms with Crippen molar-refractivity contribution in [2.24, 2.45) is 0 Å². The molecule has 0 aromatic heterocycles. The van der Waals surface area contributed by atoms with Crippen molar-refractivity contribution < 1.29 is 9.72 Å². The predicted octanol–water partition coefficient (Wildman–Crippen LogP) is 3.76. The van der Waals surface area contributed by atoms with E-state index < -0.39 is 4.92 Å². The maximum atomic E-state index is 12.4. The summed E-state index contributed by atoms with van der Waals surface area (Å²) in [5.41, 5.74) is 0.227. The number of nitro groups is 1. The van der Waals surface area contributed by atoms with Crippen molar-refractivity contribution in [3.63, 3.8) is 0 Å². The number of hydrogen-bond donors (Lipinski definition) is 1. The minimum absolute atomic E-state index is 0.0893. The smallest absolute Gasteiger partial charge is 0.284 e. The van der Waals surface area contributed by atoms with E-state index >= 15 is 0 Å². The van der Waals surface area contributed by atoms with E-state index in [0.29, 0.717) is 10.8 Å². The lowest BCUT2D eigenvalue weighted by Gasteiger charge is -2.20. The number of nitro benzene ring substituents is 1. The monoisotopic (exact) mass is 372 g/mol. The Hall–Kier alpha value is -1.08. The number of carbonyl (C=O) groups is 1. The number of nitrogens with one attached hydrogen (secondary N) is 1. The van der Waals surface area contributed by atoms with Crippen LogP contribution in [0, 0.1) is 10.1 Å².